The molecule has 0 saturated carbocycles. The Kier molecular flexibility index (Phi) is 3.64. The summed E-state index contributed by atoms with van der Waals surface area (Å²) in [6.45, 7) is 0.432. The molecule has 1 N–H and O–H groups in total. The number of thiophene rings is 1. The molecular formula is C13H13N3O3S2. The van der Waals surface area contributed by atoms with E-state index < -0.39 is 5.97 Å². The van der Waals surface area contributed by atoms with Gasteiger partial charge in [-0.1, -0.05) is 0 Å². The van der Waals surface area contributed by atoms with Crippen LogP contribution < -0.4 is 0 Å². The fourth-order valence-electron chi connectivity index (χ4n) is 2.11. The molecule has 0 aliphatic carbocycles. The first kappa shape index (κ1) is 14.0. The van der Waals surface area contributed by atoms with Gasteiger partial charge in [0.2, 0.25) is 0 Å². The van der Waals surface area contributed by atoms with E-state index in [-0.39, 0.29) is 12.3 Å². The Balaban J connectivity index is 1.77. The fraction of sp³-hybridized carbons (Fsp3) is 0.308. The number of amides is 1. The number of fused-ring (bicyclic) bond motifs is 3. The number of aromatic nitrogens is 2. The molecule has 0 aromatic carbocycles. The predicted octanol–water partition coefficient (Wildman–Crippen LogP) is 2.55. The number of aliphatic carboxylic acids is 1. The normalized spacial score (nSPS) is 11.3. The third-order valence-corrected chi connectivity index (χ3v) is 4.94. The van der Waals surface area contributed by atoms with Crippen molar-refractivity contribution in [1.29, 1.82) is 0 Å². The minimum Gasteiger partial charge on any atom is -0.481 e. The monoisotopic (exact) mass is 323 g/mol. The zero-order valence-electron chi connectivity index (χ0n) is 11.3. The Hall–Kier alpha value is -1.93. The van der Waals surface area contributed by atoms with Crippen LogP contribution in [0, 0.1) is 0 Å². The van der Waals surface area contributed by atoms with Gasteiger partial charge in [0.25, 0.3) is 5.91 Å². The van der Waals surface area contributed by atoms with Gasteiger partial charge < -0.3 is 10.0 Å². The second-order valence-electron chi connectivity index (χ2n) is 4.69. The molecule has 0 atom stereocenters. The quantitative estimate of drug-likeness (QED) is 0.783. The number of nitrogens with zero attached hydrogens (tertiary/aromatic N) is 3. The molecular weight excluding hydrogens is 310 g/mol. The van der Waals surface area contributed by atoms with Gasteiger partial charge in [0.1, 0.15) is 4.83 Å². The Morgan fingerprint density at radius 2 is 2.29 bits per heavy atom. The number of carbonyl (C=O) groups is 2. The summed E-state index contributed by atoms with van der Waals surface area (Å²) in [5.74, 6) is -0.932. The lowest BCUT2D eigenvalue weighted by Gasteiger charge is -2.15. The Labute approximate surface area is 128 Å². The minimum atomic E-state index is -0.842. The average Bonchev–Trinajstić information content (AvgIpc) is 3.08. The van der Waals surface area contributed by atoms with Crippen molar-refractivity contribution in [3.63, 3.8) is 0 Å². The number of carboxylic acid groups (broad SMARTS) is 1. The molecule has 0 bridgehead atoms. The summed E-state index contributed by atoms with van der Waals surface area (Å²) >= 11 is 2.93. The van der Waals surface area contributed by atoms with Crippen molar-refractivity contribution in [2.24, 2.45) is 0 Å². The molecule has 110 valence electrons. The highest BCUT2D eigenvalue weighted by Crippen LogP contribution is 2.28. The second-order valence-corrected chi connectivity index (χ2v) is 6.60. The van der Waals surface area contributed by atoms with Crippen molar-refractivity contribution in [2.75, 3.05) is 13.6 Å². The number of imidazole rings is 1. The highest BCUT2D eigenvalue weighted by molar-refractivity contribution is 7.21. The molecule has 0 saturated heterocycles. The first-order valence-corrected chi connectivity index (χ1v) is 8.08. The van der Waals surface area contributed by atoms with E-state index in [1.807, 2.05) is 22.0 Å². The van der Waals surface area contributed by atoms with E-state index in [9.17, 15) is 9.59 Å². The Bertz CT molecular complexity index is 817. The molecule has 0 aliphatic rings. The van der Waals surface area contributed by atoms with Crippen LogP contribution in [0.4, 0.5) is 0 Å². The minimum absolute atomic E-state index is 0.0714. The molecule has 3 aromatic rings. The van der Waals surface area contributed by atoms with Crippen LogP contribution in [-0.2, 0) is 4.79 Å². The molecule has 21 heavy (non-hydrogen) atoms. The van der Waals surface area contributed by atoms with Crippen molar-refractivity contribution in [1.82, 2.24) is 14.3 Å². The fourth-order valence-corrected chi connectivity index (χ4v) is 3.90. The van der Waals surface area contributed by atoms with Gasteiger partial charge >= 0.3 is 5.97 Å². The maximum Gasteiger partial charge on any atom is 0.303 e. The van der Waals surface area contributed by atoms with Crippen LogP contribution in [0.3, 0.4) is 0 Å². The van der Waals surface area contributed by atoms with Crippen LogP contribution in [0.1, 0.15) is 22.5 Å². The van der Waals surface area contributed by atoms with Gasteiger partial charge in [0.05, 0.1) is 10.4 Å². The van der Waals surface area contributed by atoms with E-state index in [0.29, 0.717) is 17.8 Å². The Morgan fingerprint density at radius 1 is 1.48 bits per heavy atom. The smallest absolute Gasteiger partial charge is 0.303 e. The third kappa shape index (κ3) is 2.64. The van der Waals surface area contributed by atoms with Crippen molar-refractivity contribution < 1.29 is 14.7 Å². The maximum absolute atomic E-state index is 12.3. The van der Waals surface area contributed by atoms with Crippen LogP contribution >= 0.6 is 22.7 Å². The number of hydrogen-bond acceptors (Lipinski definition) is 5. The van der Waals surface area contributed by atoms with E-state index in [1.54, 1.807) is 23.3 Å². The van der Waals surface area contributed by atoms with Crippen molar-refractivity contribution in [2.45, 2.75) is 12.8 Å². The highest BCUT2D eigenvalue weighted by atomic mass is 32.1. The predicted molar refractivity (Wildman–Crippen MR) is 82.3 cm³/mol. The van der Waals surface area contributed by atoms with Gasteiger partial charge in [-0.25, -0.2) is 4.98 Å². The molecule has 0 fully saturated rings. The number of hydrogen-bond donors (Lipinski definition) is 1. The molecule has 3 heterocycles. The molecule has 6 nitrogen and oxygen atoms in total. The van der Waals surface area contributed by atoms with Gasteiger partial charge in [-0.05, 0) is 12.5 Å². The third-order valence-electron chi connectivity index (χ3n) is 3.18. The van der Waals surface area contributed by atoms with E-state index in [2.05, 4.69) is 4.98 Å². The number of carboxylic acids is 1. The average molecular weight is 323 g/mol. The van der Waals surface area contributed by atoms with Crippen molar-refractivity contribution in [3.05, 3.63) is 22.5 Å². The van der Waals surface area contributed by atoms with E-state index in [4.69, 9.17) is 5.11 Å². The van der Waals surface area contributed by atoms with Gasteiger partial charge in [-0.2, -0.15) is 0 Å². The molecule has 0 spiro atoms. The largest absolute Gasteiger partial charge is 0.481 e. The topological polar surface area (TPSA) is 74.9 Å². The Morgan fingerprint density at radius 3 is 3.05 bits per heavy atom. The molecule has 0 unspecified atom stereocenters. The van der Waals surface area contributed by atoms with Crippen LogP contribution in [0.2, 0.25) is 0 Å². The summed E-state index contributed by atoms with van der Waals surface area (Å²) in [5, 5.41) is 10.6. The highest BCUT2D eigenvalue weighted by Gasteiger charge is 2.18. The van der Waals surface area contributed by atoms with Gasteiger partial charge in [0, 0.05) is 31.6 Å². The lowest BCUT2D eigenvalue weighted by atomic mass is 10.3. The van der Waals surface area contributed by atoms with Crippen LogP contribution in [0.25, 0.3) is 15.3 Å². The van der Waals surface area contributed by atoms with E-state index in [1.165, 1.54) is 11.3 Å². The van der Waals surface area contributed by atoms with Crippen LogP contribution in [0.5, 0.6) is 0 Å². The van der Waals surface area contributed by atoms with E-state index >= 15 is 0 Å². The molecule has 8 heteroatoms. The summed E-state index contributed by atoms with van der Waals surface area (Å²) in [4.78, 5) is 31.2. The lowest BCUT2D eigenvalue weighted by molar-refractivity contribution is -0.137. The van der Waals surface area contributed by atoms with Crippen molar-refractivity contribution >= 4 is 49.9 Å². The molecule has 0 aliphatic heterocycles. The van der Waals surface area contributed by atoms with Crippen LogP contribution in [0.15, 0.2) is 17.6 Å². The molecule has 0 radical (unpaired) electrons. The van der Waals surface area contributed by atoms with Crippen LogP contribution in [-0.4, -0.2) is 44.9 Å². The first-order chi connectivity index (χ1) is 10.1. The van der Waals surface area contributed by atoms with Gasteiger partial charge in [-0.3, -0.25) is 14.0 Å². The lowest BCUT2D eigenvalue weighted by Crippen LogP contribution is -2.27. The number of thiazole rings is 1. The SMILES string of the molecule is CN(CCCC(=O)O)C(=O)c1cc2c(nc3sccn32)s1. The zero-order chi connectivity index (χ0) is 15.0. The molecule has 3 aromatic heterocycles. The zero-order valence-corrected chi connectivity index (χ0v) is 12.9. The summed E-state index contributed by atoms with van der Waals surface area (Å²) in [6, 6.07) is 1.85. The first-order valence-electron chi connectivity index (χ1n) is 6.38. The summed E-state index contributed by atoms with van der Waals surface area (Å²) < 4.78 is 1.97. The van der Waals surface area contributed by atoms with Crippen molar-refractivity contribution in [3.8, 4) is 0 Å². The summed E-state index contributed by atoms with van der Waals surface area (Å²) in [5.41, 5.74) is 0.943. The number of rotatable bonds is 5. The van der Waals surface area contributed by atoms with E-state index in [0.717, 1.165) is 15.3 Å². The second kappa shape index (κ2) is 5.45. The maximum atomic E-state index is 12.3. The number of carbonyl (C=O) groups excluding carboxylic acids is 1. The van der Waals surface area contributed by atoms with Gasteiger partial charge in [-0.15, -0.1) is 22.7 Å². The summed E-state index contributed by atoms with van der Waals surface area (Å²) in [7, 11) is 1.69. The van der Waals surface area contributed by atoms with Gasteiger partial charge in [0.15, 0.2) is 4.96 Å². The summed E-state index contributed by atoms with van der Waals surface area (Å²) in [6.07, 6.45) is 2.46. The molecule has 1 amide bonds. The molecule has 3 rings (SSSR count). The standard InChI is InChI=1S/C13H13N3O3S2/c1-15(4-2-3-10(17)18)12(19)9-7-8-11(21-9)14-13-16(8)5-6-20-13/h5-7H,2-4H2,1H3,(H,17,18).